The lowest BCUT2D eigenvalue weighted by Gasteiger charge is -2.20. The van der Waals surface area contributed by atoms with E-state index >= 15 is 0 Å². The van der Waals surface area contributed by atoms with E-state index in [1.807, 2.05) is 17.5 Å². The highest BCUT2D eigenvalue weighted by Crippen LogP contribution is 2.29. The molecule has 0 bridgehead atoms. The molecule has 0 spiro atoms. The van der Waals surface area contributed by atoms with Crippen molar-refractivity contribution >= 4 is 27.1 Å². The Morgan fingerprint density at radius 3 is 2.48 bits per heavy atom. The van der Waals surface area contributed by atoms with Crippen molar-refractivity contribution in [2.45, 2.75) is 45.1 Å². The van der Waals surface area contributed by atoms with Gasteiger partial charge in [-0.1, -0.05) is 44.2 Å². The molecule has 0 radical (unpaired) electrons. The molecule has 3 rings (SSSR count). The quantitative estimate of drug-likeness (QED) is 0.747. The normalized spacial score (nSPS) is 20.9. The number of hydrogen-bond acceptors (Lipinski definition) is 4. The molecule has 27 heavy (non-hydrogen) atoms. The summed E-state index contributed by atoms with van der Waals surface area (Å²) >= 11 is 1.61. The van der Waals surface area contributed by atoms with E-state index in [-0.39, 0.29) is 35.8 Å². The van der Waals surface area contributed by atoms with Crippen LogP contribution in [0.4, 0.5) is 0 Å². The Bertz CT molecular complexity index is 857. The van der Waals surface area contributed by atoms with Gasteiger partial charge in [-0.15, -0.1) is 11.3 Å². The fourth-order valence-corrected chi connectivity index (χ4v) is 6.21. The smallest absolute Gasteiger partial charge is 0.221 e. The van der Waals surface area contributed by atoms with Gasteiger partial charge in [-0.3, -0.25) is 4.79 Å². The average Bonchev–Trinajstić information content (AvgIpc) is 3.29. The standard InChI is InChI=1S/C21H27NO3S2/c1-3-15(2)17-6-8-18(9-7-17)21(19-5-4-11-26-19)22-20(23)13-16-10-12-27(24,25)14-16/h4-9,11,15-16,21H,3,10,12-14H2,1-2H3,(H,22,23). The third kappa shape index (κ3) is 5.20. The highest BCUT2D eigenvalue weighted by molar-refractivity contribution is 7.91. The van der Waals surface area contributed by atoms with E-state index in [4.69, 9.17) is 0 Å². The molecule has 1 fully saturated rings. The molecule has 2 aromatic rings. The van der Waals surface area contributed by atoms with Crippen LogP contribution in [0.3, 0.4) is 0 Å². The molecular formula is C21H27NO3S2. The Labute approximate surface area is 165 Å². The highest BCUT2D eigenvalue weighted by Gasteiger charge is 2.30. The number of nitrogens with one attached hydrogen (secondary N) is 1. The second-order valence-corrected chi connectivity index (χ2v) is 10.7. The molecule has 0 aliphatic carbocycles. The SMILES string of the molecule is CCC(C)c1ccc(C(NC(=O)CC2CCS(=O)(=O)C2)c2cccs2)cc1. The number of carbonyl (C=O) groups is 1. The van der Waals surface area contributed by atoms with E-state index in [0.29, 0.717) is 12.3 Å². The van der Waals surface area contributed by atoms with Gasteiger partial charge < -0.3 is 5.32 Å². The van der Waals surface area contributed by atoms with Gasteiger partial charge in [0.1, 0.15) is 0 Å². The fraction of sp³-hybridized carbons (Fsp3) is 0.476. The van der Waals surface area contributed by atoms with Crippen LogP contribution >= 0.6 is 11.3 Å². The van der Waals surface area contributed by atoms with Crippen LogP contribution < -0.4 is 5.32 Å². The van der Waals surface area contributed by atoms with Crippen molar-refractivity contribution in [3.63, 3.8) is 0 Å². The lowest BCUT2D eigenvalue weighted by molar-refractivity contribution is -0.122. The van der Waals surface area contributed by atoms with Crippen molar-refractivity contribution in [3.8, 4) is 0 Å². The Balaban J connectivity index is 1.73. The van der Waals surface area contributed by atoms with Crippen LogP contribution in [0, 0.1) is 5.92 Å². The van der Waals surface area contributed by atoms with Crippen molar-refractivity contribution in [3.05, 3.63) is 57.8 Å². The first kappa shape index (κ1) is 20.1. The summed E-state index contributed by atoms with van der Waals surface area (Å²) in [5.74, 6) is 0.704. The van der Waals surface area contributed by atoms with E-state index in [9.17, 15) is 13.2 Å². The third-order valence-electron chi connectivity index (χ3n) is 5.39. The van der Waals surface area contributed by atoms with Crippen molar-refractivity contribution in [2.75, 3.05) is 11.5 Å². The second-order valence-electron chi connectivity index (χ2n) is 7.47. The van der Waals surface area contributed by atoms with Crippen LogP contribution in [0.25, 0.3) is 0 Å². The van der Waals surface area contributed by atoms with E-state index in [1.54, 1.807) is 11.3 Å². The minimum atomic E-state index is -2.96. The summed E-state index contributed by atoms with van der Waals surface area (Å²) in [6.07, 6.45) is 1.95. The fourth-order valence-electron chi connectivity index (χ4n) is 3.54. The predicted octanol–water partition coefficient (Wildman–Crippen LogP) is 4.29. The number of thiophene rings is 1. The first-order chi connectivity index (χ1) is 12.9. The lowest BCUT2D eigenvalue weighted by atomic mass is 9.95. The molecule has 3 atom stereocenters. The zero-order valence-corrected chi connectivity index (χ0v) is 17.5. The largest absolute Gasteiger partial charge is 0.344 e. The maximum absolute atomic E-state index is 12.6. The molecule has 1 saturated heterocycles. The summed E-state index contributed by atoms with van der Waals surface area (Å²) in [6.45, 7) is 4.39. The molecular weight excluding hydrogens is 378 g/mol. The summed E-state index contributed by atoms with van der Waals surface area (Å²) < 4.78 is 23.3. The van der Waals surface area contributed by atoms with Crippen LogP contribution in [0.1, 0.15) is 61.1 Å². The summed E-state index contributed by atoms with van der Waals surface area (Å²) in [4.78, 5) is 13.7. The number of carbonyl (C=O) groups excluding carboxylic acids is 1. The Morgan fingerprint density at radius 1 is 1.22 bits per heavy atom. The average molecular weight is 406 g/mol. The predicted molar refractivity (Wildman–Crippen MR) is 111 cm³/mol. The molecule has 1 aliphatic rings. The van der Waals surface area contributed by atoms with E-state index < -0.39 is 9.84 Å². The maximum atomic E-state index is 12.6. The second kappa shape index (κ2) is 8.57. The van der Waals surface area contributed by atoms with Gasteiger partial charge in [-0.2, -0.15) is 0 Å². The first-order valence-corrected chi connectivity index (χ1v) is 12.2. The molecule has 146 valence electrons. The van der Waals surface area contributed by atoms with Crippen molar-refractivity contribution in [1.82, 2.24) is 5.32 Å². The number of rotatable bonds is 7. The minimum Gasteiger partial charge on any atom is -0.344 e. The van der Waals surface area contributed by atoms with Crippen LogP contribution in [0.2, 0.25) is 0 Å². The number of hydrogen-bond donors (Lipinski definition) is 1. The Morgan fingerprint density at radius 2 is 1.93 bits per heavy atom. The molecule has 1 aromatic carbocycles. The van der Waals surface area contributed by atoms with Crippen LogP contribution in [0.5, 0.6) is 0 Å². The summed E-state index contributed by atoms with van der Waals surface area (Å²) in [5.41, 5.74) is 2.35. The van der Waals surface area contributed by atoms with Crippen molar-refractivity contribution in [2.24, 2.45) is 5.92 Å². The monoisotopic (exact) mass is 405 g/mol. The Kier molecular flexibility index (Phi) is 6.37. The van der Waals surface area contributed by atoms with Gasteiger partial charge in [-0.25, -0.2) is 8.42 Å². The van der Waals surface area contributed by atoms with Gasteiger partial charge in [0.25, 0.3) is 0 Å². The molecule has 2 heterocycles. The van der Waals surface area contributed by atoms with E-state index in [1.165, 1.54) is 5.56 Å². The Hall–Kier alpha value is -1.66. The van der Waals surface area contributed by atoms with Gasteiger partial charge in [0.2, 0.25) is 5.91 Å². The highest BCUT2D eigenvalue weighted by atomic mass is 32.2. The van der Waals surface area contributed by atoms with Gasteiger partial charge in [-0.05, 0) is 47.3 Å². The van der Waals surface area contributed by atoms with Crippen LogP contribution in [0.15, 0.2) is 41.8 Å². The minimum absolute atomic E-state index is 0.0632. The topological polar surface area (TPSA) is 63.2 Å². The molecule has 3 unspecified atom stereocenters. The van der Waals surface area contributed by atoms with Gasteiger partial charge in [0.05, 0.1) is 17.5 Å². The molecule has 4 nitrogen and oxygen atoms in total. The van der Waals surface area contributed by atoms with Crippen molar-refractivity contribution < 1.29 is 13.2 Å². The van der Waals surface area contributed by atoms with Gasteiger partial charge >= 0.3 is 0 Å². The zero-order valence-electron chi connectivity index (χ0n) is 15.9. The lowest BCUT2D eigenvalue weighted by Crippen LogP contribution is -2.30. The zero-order chi connectivity index (χ0) is 19.4. The summed E-state index contributed by atoms with van der Waals surface area (Å²) in [5, 5.41) is 5.13. The number of benzene rings is 1. The maximum Gasteiger partial charge on any atom is 0.221 e. The third-order valence-corrected chi connectivity index (χ3v) is 8.16. The van der Waals surface area contributed by atoms with Crippen LogP contribution in [-0.4, -0.2) is 25.8 Å². The summed E-state index contributed by atoms with van der Waals surface area (Å²) in [7, 11) is -2.96. The summed E-state index contributed by atoms with van der Waals surface area (Å²) in [6, 6.07) is 12.3. The van der Waals surface area contributed by atoms with Gasteiger partial charge in [0, 0.05) is 11.3 Å². The molecule has 6 heteroatoms. The number of sulfone groups is 1. The molecule has 1 aromatic heterocycles. The molecule has 1 N–H and O–H groups in total. The molecule has 1 aliphatic heterocycles. The van der Waals surface area contributed by atoms with E-state index in [2.05, 4.69) is 43.4 Å². The van der Waals surface area contributed by atoms with Crippen molar-refractivity contribution in [1.29, 1.82) is 0 Å². The molecule has 0 saturated carbocycles. The van der Waals surface area contributed by atoms with Gasteiger partial charge in [0.15, 0.2) is 9.84 Å². The first-order valence-electron chi connectivity index (χ1n) is 9.51. The number of amides is 1. The van der Waals surface area contributed by atoms with Crippen LogP contribution in [-0.2, 0) is 14.6 Å². The van der Waals surface area contributed by atoms with E-state index in [0.717, 1.165) is 16.9 Å². The molecule has 1 amide bonds.